The first-order valence-electron chi connectivity index (χ1n) is 7.66. The predicted octanol–water partition coefficient (Wildman–Crippen LogP) is 2.80. The molecule has 1 saturated carbocycles. The van der Waals surface area contributed by atoms with Gasteiger partial charge in [-0.3, -0.25) is 9.69 Å². The van der Waals surface area contributed by atoms with Crippen LogP contribution < -0.4 is 5.32 Å². The van der Waals surface area contributed by atoms with Crippen LogP contribution in [0.3, 0.4) is 0 Å². The Morgan fingerprint density at radius 2 is 1.68 bits per heavy atom. The Hall–Kier alpha value is -0.570. The standard InChI is InChI=1S/C16H30N2O/c1-15(2,3)11-9-13(14(19)17-12-7-8-12)18(10-11)16(4,5)6/h11-13H,7-10H2,1-6H3,(H,17,19)/t11?,13-/m0/s1. The van der Waals surface area contributed by atoms with Gasteiger partial charge in [0.25, 0.3) is 0 Å². The van der Waals surface area contributed by atoms with E-state index in [1.54, 1.807) is 0 Å². The second-order valence-electron chi connectivity index (χ2n) is 8.42. The summed E-state index contributed by atoms with van der Waals surface area (Å²) in [5.74, 6) is 0.853. The van der Waals surface area contributed by atoms with Crippen molar-refractivity contribution in [3.8, 4) is 0 Å². The quantitative estimate of drug-likeness (QED) is 0.833. The fourth-order valence-electron chi connectivity index (χ4n) is 2.98. The molecule has 3 nitrogen and oxygen atoms in total. The van der Waals surface area contributed by atoms with E-state index in [1.807, 2.05) is 0 Å². The third-order valence-electron chi connectivity index (χ3n) is 4.61. The molecule has 0 aromatic rings. The van der Waals surface area contributed by atoms with Crippen molar-refractivity contribution in [1.29, 1.82) is 0 Å². The number of carbonyl (C=O) groups excluding carboxylic acids is 1. The maximum atomic E-state index is 12.5. The molecular weight excluding hydrogens is 236 g/mol. The summed E-state index contributed by atoms with van der Waals surface area (Å²) < 4.78 is 0. The zero-order valence-corrected chi connectivity index (χ0v) is 13.4. The van der Waals surface area contributed by atoms with Crippen LogP contribution in [0.2, 0.25) is 0 Å². The van der Waals surface area contributed by atoms with Crippen molar-refractivity contribution >= 4 is 5.91 Å². The van der Waals surface area contributed by atoms with E-state index >= 15 is 0 Å². The van der Waals surface area contributed by atoms with Gasteiger partial charge in [0.2, 0.25) is 5.91 Å². The lowest BCUT2D eigenvalue weighted by molar-refractivity contribution is -0.127. The fraction of sp³-hybridized carbons (Fsp3) is 0.938. The van der Waals surface area contributed by atoms with E-state index in [4.69, 9.17) is 0 Å². The van der Waals surface area contributed by atoms with Gasteiger partial charge in [-0.1, -0.05) is 20.8 Å². The lowest BCUT2D eigenvalue weighted by Gasteiger charge is -2.36. The second-order valence-corrected chi connectivity index (χ2v) is 8.42. The summed E-state index contributed by atoms with van der Waals surface area (Å²) in [6, 6.07) is 0.521. The molecule has 0 spiro atoms. The number of likely N-dealkylation sites (tertiary alicyclic amines) is 1. The molecule has 0 aromatic heterocycles. The monoisotopic (exact) mass is 266 g/mol. The van der Waals surface area contributed by atoms with Crippen molar-refractivity contribution in [2.75, 3.05) is 6.54 Å². The first-order valence-corrected chi connectivity index (χ1v) is 7.66. The first kappa shape index (κ1) is 14.8. The summed E-state index contributed by atoms with van der Waals surface area (Å²) in [6.45, 7) is 14.6. The Kier molecular flexibility index (Phi) is 3.72. The van der Waals surface area contributed by atoms with Gasteiger partial charge in [-0.05, 0) is 51.4 Å². The smallest absolute Gasteiger partial charge is 0.237 e. The van der Waals surface area contributed by atoms with Crippen LogP contribution in [0.1, 0.15) is 60.8 Å². The van der Waals surface area contributed by atoms with Gasteiger partial charge in [-0.2, -0.15) is 0 Å². The Bertz CT molecular complexity index is 347. The Labute approximate surface area is 118 Å². The number of hydrogen-bond acceptors (Lipinski definition) is 2. The highest BCUT2D eigenvalue weighted by Crippen LogP contribution is 2.40. The van der Waals surface area contributed by atoms with Gasteiger partial charge < -0.3 is 5.32 Å². The highest BCUT2D eigenvalue weighted by Gasteiger charge is 2.45. The molecule has 2 aliphatic rings. The zero-order valence-electron chi connectivity index (χ0n) is 13.4. The summed E-state index contributed by atoms with van der Waals surface area (Å²) in [4.78, 5) is 14.9. The van der Waals surface area contributed by atoms with Crippen molar-refractivity contribution in [3.05, 3.63) is 0 Å². The number of rotatable bonds is 2. The minimum atomic E-state index is 0.0600. The summed E-state index contributed by atoms with van der Waals surface area (Å²) >= 11 is 0. The maximum Gasteiger partial charge on any atom is 0.237 e. The number of carbonyl (C=O) groups is 1. The van der Waals surface area contributed by atoms with Crippen molar-refractivity contribution < 1.29 is 4.79 Å². The molecular formula is C16H30N2O. The van der Waals surface area contributed by atoms with Crippen LogP contribution in [-0.4, -0.2) is 35.0 Å². The molecule has 110 valence electrons. The van der Waals surface area contributed by atoms with Crippen LogP contribution >= 0.6 is 0 Å². The van der Waals surface area contributed by atoms with Crippen LogP contribution in [0.4, 0.5) is 0 Å². The molecule has 1 N–H and O–H groups in total. The van der Waals surface area contributed by atoms with Crippen LogP contribution in [0.15, 0.2) is 0 Å². The highest BCUT2D eigenvalue weighted by molar-refractivity contribution is 5.82. The van der Waals surface area contributed by atoms with Gasteiger partial charge >= 0.3 is 0 Å². The molecule has 0 radical (unpaired) electrons. The van der Waals surface area contributed by atoms with Gasteiger partial charge in [0.05, 0.1) is 6.04 Å². The third-order valence-corrected chi connectivity index (χ3v) is 4.61. The van der Waals surface area contributed by atoms with E-state index in [9.17, 15) is 4.79 Å². The maximum absolute atomic E-state index is 12.5. The number of amides is 1. The summed E-state index contributed by atoms with van der Waals surface area (Å²) in [5, 5.41) is 3.19. The van der Waals surface area contributed by atoms with E-state index < -0.39 is 0 Å². The summed E-state index contributed by atoms with van der Waals surface area (Å²) in [6.07, 6.45) is 3.33. The molecule has 1 aliphatic carbocycles. The molecule has 1 heterocycles. The molecule has 1 aliphatic heterocycles. The fourth-order valence-corrected chi connectivity index (χ4v) is 2.98. The van der Waals surface area contributed by atoms with Crippen molar-refractivity contribution in [2.24, 2.45) is 11.3 Å². The van der Waals surface area contributed by atoms with Crippen molar-refractivity contribution in [2.45, 2.75) is 78.4 Å². The lowest BCUT2D eigenvalue weighted by atomic mass is 9.79. The van der Waals surface area contributed by atoms with E-state index in [0.29, 0.717) is 12.0 Å². The average molecular weight is 266 g/mol. The van der Waals surface area contributed by atoms with Crippen LogP contribution in [0.25, 0.3) is 0 Å². The molecule has 3 heteroatoms. The van der Waals surface area contributed by atoms with E-state index in [2.05, 4.69) is 51.8 Å². The van der Waals surface area contributed by atoms with Crippen LogP contribution in [0, 0.1) is 11.3 Å². The van der Waals surface area contributed by atoms with Crippen molar-refractivity contribution in [1.82, 2.24) is 10.2 Å². The SMILES string of the molecule is CC(C)(C)C1C[C@@H](C(=O)NC2CC2)N(C(C)(C)C)C1. The normalized spacial score (nSPS) is 29.6. The third kappa shape index (κ3) is 3.50. The van der Waals surface area contributed by atoms with Gasteiger partial charge in [0.1, 0.15) is 0 Å². The van der Waals surface area contributed by atoms with Crippen molar-refractivity contribution in [3.63, 3.8) is 0 Å². The average Bonchev–Trinajstić information content (AvgIpc) is 2.90. The van der Waals surface area contributed by atoms with E-state index in [1.165, 1.54) is 0 Å². The summed E-state index contributed by atoms with van der Waals surface area (Å²) in [5.41, 5.74) is 0.337. The molecule has 1 amide bonds. The number of nitrogens with zero attached hydrogens (tertiary/aromatic N) is 1. The Morgan fingerprint density at radius 1 is 1.11 bits per heavy atom. The Balaban J connectivity index is 2.11. The second kappa shape index (κ2) is 4.76. The molecule has 2 fully saturated rings. The first-order chi connectivity index (χ1) is 8.59. The predicted molar refractivity (Wildman–Crippen MR) is 79.0 cm³/mol. The zero-order chi connectivity index (χ0) is 14.4. The number of hydrogen-bond donors (Lipinski definition) is 1. The number of nitrogens with one attached hydrogen (secondary N) is 1. The Morgan fingerprint density at radius 3 is 2.11 bits per heavy atom. The van der Waals surface area contributed by atoms with Gasteiger partial charge in [-0.25, -0.2) is 0 Å². The van der Waals surface area contributed by atoms with Crippen LogP contribution in [-0.2, 0) is 4.79 Å². The minimum absolute atomic E-state index is 0.0600. The molecule has 19 heavy (non-hydrogen) atoms. The molecule has 1 unspecified atom stereocenters. The largest absolute Gasteiger partial charge is 0.352 e. The van der Waals surface area contributed by atoms with Crippen LogP contribution in [0.5, 0.6) is 0 Å². The lowest BCUT2D eigenvalue weighted by Crippen LogP contribution is -2.51. The molecule has 2 rings (SSSR count). The summed E-state index contributed by atoms with van der Waals surface area (Å²) in [7, 11) is 0. The molecule has 1 saturated heterocycles. The van der Waals surface area contributed by atoms with E-state index in [-0.39, 0.29) is 22.9 Å². The molecule has 0 aromatic carbocycles. The highest BCUT2D eigenvalue weighted by atomic mass is 16.2. The van der Waals surface area contributed by atoms with Gasteiger partial charge in [0.15, 0.2) is 0 Å². The van der Waals surface area contributed by atoms with Gasteiger partial charge in [-0.15, -0.1) is 0 Å². The van der Waals surface area contributed by atoms with Gasteiger partial charge in [0, 0.05) is 18.1 Å². The minimum Gasteiger partial charge on any atom is -0.352 e. The molecule has 0 bridgehead atoms. The van der Waals surface area contributed by atoms with E-state index in [0.717, 1.165) is 25.8 Å². The molecule has 2 atom stereocenters. The topological polar surface area (TPSA) is 32.3 Å².